The lowest BCUT2D eigenvalue weighted by Crippen LogP contribution is -2.34. The summed E-state index contributed by atoms with van der Waals surface area (Å²) in [6.07, 6.45) is 1.78. The van der Waals surface area contributed by atoms with Crippen LogP contribution in [-0.4, -0.2) is 18.5 Å². The summed E-state index contributed by atoms with van der Waals surface area (Å²) in [7, 11) is 0. The first-order valence-electron chi connectivity index (χ1n) is 7.29. The second kappa shape index (κ2) is 7.88. The lowest BCUT2D eigenvalue weighted by molar-refractivity contribution is 0.0936. The Kier molecular flexibility index (Phi) is 6.49. The molecule has 112 valence electrons. The summed E-state index contributed by atoms with van der Waals surface area (Å²) in [5.41, 5.74) is 0.664. The average Bonchev–Trinajstić information content (AvgIpc) is 2.35. The molecule has 1 rings (SSSR count). The molecule has 4 heteroatoms. The minimum Gasteiger partial charge on any atom is -0.382 e. The molecule has 0 aliphatic heterocycles. The Balaban J connectivity index is 2.83. The van der Waals surface area contributed by atoms with Gasteiger partial charge in [0.25, 0.3) is 5.91 Å². The number of halogens is 1. The molecule has 0 aromatic heterocycles. The first kappa shape index (κ1) is 16.5. The van der Waals surface area contributed by atoms with Crippen LogP contribution in [0.15, 0.2) is 18.2 Å². The summed E-state index contributed by atoms with van der Waals surface area (Å²) in [5.74, 6) is -0.102. The lowest BCUT2D eigenvalue weighted by Gasteiger charge is -2.18. The van der Waals surface area contributed by atoms with Crippen LogP contribution in [0, 0.1) is 11.7 Å². The van der Waals surface area contributed by atoms with E-state index >= 15 is 0 Å². The van der Waals surface area contributed by atoms with E-state index in [0.717, 1.165) is 12.8 Å². The fraction of sp³-hybridized carbons (Fsp3) is 0.562. The fourth-order valence-corrected chi connectivity index (χ4v) is 2.21. The Morgan fingerprint density at radius 3 is 2.60 bits per heavy atom. The zero-order chi connectivity index (χ0) is 15.1. The number of hydrogen-bond acceptors (Lipinski definition) is 2. The molecule has 20 heavy (non-hydrogen) atoms. The van der Waals surface area contributed by atoms with Crippen molar-refractivity contribution in [3.05, 3.63) is 29.6 Å². The fourth-order valence-electron chi connectivity index (χ4n) is 2.21. The van der Waals surface area contributed by atoms with Crippen molar-refractivity contribution < 1.29 is 9.18 Å². The van der Waals surface area contributed by atoms with Crippen molar-refractivity contribution in [3.8, 4) is 0 Å². The van der Waals surface area contributed by atoms with Crippen molar-refractivity contribution >= 4 is 11.6 Å². The second-order valence-corrected chi connectivity index (χ2v) is 5.59. The summed E-state index contributed by atoms with van der Waals surface area (Å²) in [6.45, 7) is 8.83. The van der Waals surface area contributed by atoms with Crippen LogP contribution in [0.5, 0.6) is 0 Å². The van der Waals surface area contributed by atoms with Gasteiger partial charge >= 0.3 is 0 Å². The molecule has 0 aliphatic carbocycles. The maximum Gasteiger partial charge on any atom is 0.253 e. The van der Waals surface area contributed by atoms with Gasteiger partial charge < -0.3 is 10.6 Å². The molecule has 0 spiro atoms. The van der Waals surface area contributed by atoms with Gasteiger partial charge in [0.1, 0.15) is 5.82 Å². The van der Waals surface area contributed by atoms with E-state index in [-0.39, 0.29) is 17.8 Å². The van der Waals surface area contributed by atoms with Gasteiger partial charge in [0.2, 0.25) is 0 Å². The average molecular weight is 280 g/mol. The summed E-state index contributed by atoms with van der Waals surface area (Å²) in [5, 5.41) is 5.92. The third-order valence-corrected chi connectivity index (χ3v) is 3.01. The smallest absolute Gasteiger partial charge is 0.253 e. The van der Waals surface area contributed by atoms with E-state index in [4.69, 9.17) is 0 Å². The molecule has 1 amide bonds. The van der Waals surface area contributed by atoms with Crippen molar-refractivity contribution in [2.75, 3.05) is 11.9 Å². The highest BCUT2D eigenvalue weighted by molar-refractivity contribution is 5.99. The minimum absolute atomic E-state index is 0.0739. The molecule has 0 saturated heterocycles. The predicted molar refractivity (Wildman–Crippen MR) is 81.6 cm³/mol. The zero-order valence-corrected chi connectivity index (χ0v) is 12.8. The standard InChI is InChI=1S/C16H25FN2O/c1-5-9-18-15-13(7-6-8-14(15)17)16(20)19-12(4)10-11(2)3/h6-8,11-12,18H,5,9-10H2,1-4H3,(H,19,20). The third kappa shape index (κ3) is 4.83. The molecule has 0 saturated carbocycles. The van der Waals surface area contributed by atoms with Gasteiger partial charge in [-0.2, -0.15) is 0 Å². The van der Waals surface area contributed by atoms with Gasteiger partial charge in [0.05, 0.1) is 11.3 Å². The minimum atomic E-state index is -0.386. The van der Waals surface area contributed by atoms with E-state index in [1.54, 1.807) is 12.1 Å². The van der Waals surface area contributed by atoms with Crippen LogP contribution < -0.4 is 10.6 Å². The largest absolute Gasteiger partial charge is 0.382 e. The molecule has 1 aromatic rings. The highest BCUT2D eigenvalue weighted by atomic mass is 19.1. The van der Waals surface area contributed by atoms with Gasteiger partial charge in [0.15, 0.2) is 0 Å². The molecule has 0 heterocycles. The molecule has 0 bridgehead atoms. The normalized spacial score (nSPS) is 12.3. The molecular weight excluding hydrogens is 255 g/mol. The number of rotatable bonds is 7. The molecule has 3 nitrogen and oxygen atoms in total. The molecule has 2 N–H and O–H groups in total. The SMILES string of the molecule is CCCNc1c(F)cccc1C(=O)NC(C)CC(C)C. The quantitative estimate of drug-likeness (QED) is 0.797. The van der Waals surface area contributed by atoms with E-state index in [9.17, 15) is 9.18 Å². The Hall–Kier alpha value is -1.58. The molecule has 1 atom stereocenters. The Labute approximate surface area is 121 Å². The third-order valence-electron chi connectivity index (χ3n) is 3.01. The second-order valence-electron chi connectivity index (χ2n) is 5.59. The molecule has 0 radical (unpaired) electrons. The molecule has 0 aliphatic rings. The number of anilines is 1. The monoisotopic (exact) mass is 280 g/mol. The van der Waals surface area contributed by atoms with E-state index in [1.807, 2.05) is 13.8 Å². The van der Waals surface area contributed by atoms with E-state index in [0.29, 0.717) is 23.7 Å². The molecule has 1 unspecified atom stereocenters. The topological polar surface area (TPSA) is 41.1 Å². The van der Waals surface area contributed by atoms with Crippen LogP contribution in [0.2, 0.25) is 0 Å². The first-order chi connectivity index (χ1) is 9.45. The lowest BCUT2D eigenvalue weighted by atomic mass is 10.0. The van der Waals surface area contributed by atoms with Gasteiger partial charge in [-0.1, -0.05) is 26.8 Å². The highest BCUT2D eigenvalue weighted by Gasteiger charge is 2.16. The van der Waals surface area contributed by atoms with Gasteiger partial charge in [-0.15, -0.1) is 0 Å². The number of carbonyl (C=O) groups is 1. The van der Waals surface area contributed by atoms with Crippen molar-refractivity contribution in [3.63, 3.8) is 0 Å². The molecule has 1 aromatic carbocycles. The van der Waals surface area contributed by atoms with Crippen LogP contribution >= 0.6 is 0 Å². The molecule has 0 fully saturated rings. The van der Waals surface area contributed by atoms with Crippen LogP contribution in [0.3, 0.4) is 0 Å². The number of para-hydroxylation sites is 1. The van der Waals surface area contributed by atoms with Crippen LogP contribution in [0.1, 0.15) is 50.9 Å². The first-order valence-corrected chi connectivity index (χ1v) is 7.29. The van der Waals surface area contributed by atoms with Gasteiger partial charge in [-0.3, -0.25) is 4.79 Å². The molecular formula is C16H25FN2O. The van der Waals surface area contributed by atoms with Crippen LogP contribution in [-0.2, 0) is 0 Å². The number of hydrogen-bond donors (Lipinski definition) is 2. The highest BCUT2D eigenvalue weighted by Crippen LogP contribution is 2.20. The van der Waals surface area contributed by atoms with Gasteiger partial charge in [0, 0.05) is 12.6 Å². The van der Waals surface area contributed by atoms with Gasteiger partial charge in [-0.05, 0) is 37.8 Å². The number of amides is 1. The van der Waals surface area contributed by atoms with Crippen molar-refractivity contribution in [2.45, 2.75) is 46.6 Å². The maximum absolute atomic E-state index is 13.8. The zero-order valence-electron chi connectivity index (χ0n) is 12.8. The van der Waals surface area contributed by atoms with E-state index in [2.05, 4.69) is 24.5 Å². The number of carbonyl (C=O) groups excluding carboxylic acids is 1. The summed E-state index contributed by atoms with van der Waals surface area (Å²) in [4.78, 5) is 12.3. The Morgan fingerprint density at radius 2 is 2.00 bits per heavy atom. The number of benzene rings is 1. The maximum atomic E-state index is 13.8. The number of nitrogens with one attached hydrogen (secondary N) is 2. The Morgan fingerprint density at radius 1 is 1.30 bits per heavy atom. The van der Waals surface area contributed by atoms with Gasteiger partial charge in [-0.25, -0.2) is 4.39 Å². The Bertz CT molecular complexity index is 446. The van der Waals surface area contributed by atoms with Crippen LogP contribution in [0.25, 0.3) is 0 Å². The van der Waals surface area contributed by atoms with Crippen molar-refractivity contribution in [1.29, 1.82) is 0 Å². The van der Waals surface area contributed by atoms with E-state index in [1.165, 1.54) is 6.07 Å². The van der Waals surface area contributed by atoms with E-state index < -0.39 is 0 Å². The summed E-state index contributed by atoms with van der Waals surface area (Å²) < 4.78 is 13.8. The van der Waals surface area contributed by atoms with Crippen molar-refractivity contribution in [1.82, 2.24) is 5.32 Å². The van der Waals surface area contributed by atoms with Crippen LogP contribution in [0.4, 0.5) is 10.1 Å². The van der Waals surface area contributed by atoms with Crippen molar-refractivity contribution in [2.24, 2.45) is 5.92 Å². The summed E-state index contributed by atoms with van der Waals surface area (Å²) >= 11 is 0. The predicted octanol–water partition coefficient (Wildman–Crippen LogP) is 3.81. The summed E-state index contributed by atoms with van der Waals surface area (Å²) in [6, 6.07) is 4.66.